The van der Waals surface area contributed by atoms with E-state index in [0.29, 0.717) is 18.3 Å². The van der Waals surface area contributed by atoms with E-state index in [9.17, 15) is 9.59 Å². The fourth-order valence-corrected chi connectivity index (χ4v) is 5.42. The van der Waals surface area contributed by atoms with Crippen molar-refractivity contribution in [2.24, 2.45) is 0 Å². The summed E-state index contributed by atoms with van der Waals surface area (Å²) < 4.78 is 1.69. The van der Waals surface area contributed by atoms with Crippen molar-refractivity contribution in [3.63, 3.8) is 0 Å². The van der Waals surface area contributed by atoms with Gasteiger partial charge >= 0.3 is 0 Å². The third kappa shape index (κ3) is 5.93. The van der Waals surface area contributed by atoms with Gasteiger partial charge < -0.3 is 15.1 Å². The molecule has 2 aromatic heterocycles. The minimum Gasteiger partial charge on any atom is -0.368 e. The molecule has 5 rings (SSSR count). The van der Waals surface area contributed by atoms with Crippen LogP contribution < -0.4 is 10.2 Å². The number of piperidine rings is 1. The van der Waals surface area contributed by atoms with Crippen molar-refractivity contribution in [3.8, 4) is 11.1 Å². The van der Waals surface area contributed by atoms with Crippen LogP contribution >= 0.6 is 0 Å². The predicted molar refractivity (Wildman–Crippen MR) is 156 cm³/mol. The van der Waals surface area contributed by atoms with Gasteiger partial charge in [-0.2, -0.15) is 0 Å². The Balaban J connectivity index is 1.30. The molecular formula is C31H39N7O2. The first-order chi connectivity index (χ1) is 19.2. The molecular weight excluding hydrogens is 502 g/mol. The average Bonchev–Trinajstić information content (AvgIpc) is 3.63. The van der Waals surface area contributed by atoms with Crippen LogP contribution in [0, 0.1) is 6.92 Å². The van der Waals surface area contributed by atoms with Crippen LogP contribution in [0.1, 0.15) is 68.1 Å². The number of nitrogens with zero attached hydrogens (tertiary/aromatic N) is 6. The molecule has 1 saturated heterocycles. The van der Waals surface area contributed by atoms with Gasteiger partial charge in [-0.3, -0.25) is 14.6 Å². The zero-order chi connectivity index (χ0) is 28.4. The van der Waals surface area contributed by atoms with Gasteiger partial charge in [0.25, 0.3) is 5.91 Å². The van der Waals surface area contributed by atoms with E-state index in [4.69, 9.17) is 0 Å². The first-order valence-corrected chi connectivity index (χ1v) is 14.1. The lowest BCUT2D eigenvalue weighted by atomic mass is 9.97. The molecule has 3 aromatic rings. The van der Waals surface area contributed by atoms with E-state index in [0.717, 1.165) is 66.7 Å². The lowest BCUT2D eigenvalue weighted by molar-refractivity contribution is -0.129. The maximum absolute atomic E-state index is 12.7. The molecule has 0 bridgehead atoms. The molecule has 3 heterocycles. The zero-order valence-corrected chi connectivity index (χ0v) is 23.9. The van der Waals surface area contributed by atoms with Crippen molar-refractivity contribution < 1.29 is 9.59 Å². The highest BCUT2D eigenvalue weighted by Crippen LogP contribution is 2.36. The van der Waals surface area contributed by atoms with E-state index in [2.05, 4.69) is 68.2 Å². The topological polar surface area (TPSA) is 96.2 Å². The summed E-state index contributed by atoms with van der Waals surface area (Å²) in [7, 11) is 0. The average molecular weight is 542 g/mol. The van der Waals surface area contributed by atoms with Crippen molar-refractivity contribution in [1.29, 1.82) is 0 Å². The summed E-state index contributed by atoms with van der Waals surface area (Å²) in [6, 6.07) is 8.92. The van der Waals surface area contributed by atoms with Crippen LogP contribution in [0.2, 0.25) is 0 Å². The number of rotatable bonds is 8. The van der Waals surface area contributed by atoms with E-state index in [1.165, 1.54) is 6.08 Å². The maximum atomic E-state index is 12.7. The highest BCUT2D eigenvalue weighted by atomic mass is 16.2. The summed E-state index contributed by atoms with van der Waals surface area (Å²) in [5.41, 5.74) is 5.49. The number of hydrogen-bond donors (Lipinski definition) is 1. The van der Waals surface area contributed by atoms with Crippen LogP contribution in [0.4, 0.5) is 5.69 Å². The van der Waals surface area contributed by atoms with E-state index >= 15 is 0 Å². The van der Waals surface area contributed by atoms with E-state index in [1.807, 2.05) is 33.2 Å². The molecule has 0 unspecified atom stereocenters. The van der Waals surface area contributed by atoms with Crippen molar-refractivity contribution in [2.75, 3.05) is 18.0 Å². The fraction of sp³-hybridized carbons (Fsp3) is 0.452. The third-order valence-corrected chi connectivity index (χ3v) is 7.81. The first kappa shape index (κ1) is 27.6. The highest BCUT2D eigenvalue weighted by Gasteiger charge is 2.38. The number of pyridine rings is 1. The Labute approximate surface area is 236 Å². The number of nitrogens with one attached hydrogen (secondary N) is 1. The molecule has 1 aliphatic carbocycles. The Hall–Kier alpha value is -4.01. The van der Waals surface area contributed by atoms with E-state index < -0.39 is 0 Å². The van der Waals surface area contributed by atoms with Crippen molar-refractivity contribution in [3.05, 3.63) is 72.3 Å². The Bertz CT molecular complexity index is 1400. The Morgan fingerprint density at radius 3 is 2.65 bits per heavy atom. The number of carbonyl (C=O) groups is 2. The molecule has 1 N–H and O–H groups in total. The quantitative estimate of drug-likeness (QED) is 0.423. The number of carbonyl (C=O) groups excluding carboxylic acids is 2. The van der Waals surface area contributed by atoms with Gasteiger partial charge in [0.1, 0.15) is 0 Å². The number of amides is 2. The Morgan fingerprint density at radius 2 is 1.98 bits per heavy atom. The SMILES string of the molecule is C=CC(=O)N(C1CC1)[C@@H]1CCCN(c2cnccc2-c2ccc(CNC(=O)c3cn(C(C)(C)C)nn3)c(C)c2)C1. The summed E-state index contributed by atoms with van der Waals surface area (Å²) in [5, 5.41) is 11.1. The highest BCUT2D eigenvalue weighted by molar-refractivity contribution is 5.91. The van der Waals surface area contributed by atoms with Gasteiger partial charge in [-0.25, -0.2) is 4.68 Å². The van der Waals surface area contributed by atoms with Gasteiger partial charge in [-0.15, -0.1) is 5.10 Å². The first-order valence-electron chi connectivity index (χ1n) is 14.1. The minimum atomic E-state index is -0.245. The zero-order valence-electron chi connectivity index (χ0n) is 23.9. The van der Waals surface area contributed by atoms with Crippen LogP contribution in [-0.4, -0.2) is 61.9 Å². The molecule has 1 atom stereocenters. The number of hydrogen-bond acceptors (Lipinski definition) is 6. The molecule has 0 radical (unpaired) electrons. The van der Waals surface area contributed by atoms with Gasteiger partial charge in [-0.05, 0) is 82.2 Å². The number of aromatic nitrogens is 4. The number of aryl methyl sites for hydroxylation is 1. The number of anilines is 1. The summed E-state index contributed by atoms with van der Waals surface area (Å²) >= 11 is 0. The van der Waals surface area contributed by atoms with Gasteiger partial charge in [0.05, 0.1) is 23.6 Å². The van der Waals surface area contributed by atoms with E-state index in [1.54, 1.807) is 10.9 Å². The third-order valence-electron chi connectivity index (χ3n) is 7.81. The van der Waals surface area contributed by atoms with Crippen LogP contribution in [-0.2, 0) is 16.9 Å². The second-order valence-electron chi connectivity index (χ2n) is 11.9. The molecule has 2 amide bonds. The smallest absolute Gasteiger partial charge is 0.273 e. The molecule has 1 saturated carbocycles. The molecule has 1 aromatic carbocycles. The largest absolute Gasteiger partial charge is 0.368 e. The minimum absolute atomic E-state index is 0.0397. The Kier molecular flexibility index (Phi) is 7.74. The van der Waals surface area contributed by atoms with Crippen molar-refractivity contribution in [2.45, 2.75) is 77.5 Å². The second-order valence-corrected chi connectivity index (χ2v) is 11.9. The lowest BCUT2D eigenvalue weighted by Crippen LogP contribution is -2.51. The molecule has 1 aliphatic heterocycles. The summed E-state index contributed by atoms with van der Waals surface area (Å²) in [4.78, 5) is 34.2. The lowest BCUT2D eigenvalue weighted by Gasteiger charge is -2.40. The van der Waals surface area contributed by atoms with Crippen molar-refractivity contribution >= 4 is 17.5 Å². The van der Waals surface area contributed by atoms with Gasteiger partial charge in [0.2, 0.25) is 5.91 Å². The van der Waals surface area contributed by atoms with Gasteiger partial charge in [-0.1, -0.05) is 30.0 Å². The Morgan fingerprint density at radius 1 is 1.18 bits per heavy atom. The van der Waals surface area contributed by atoms with Gasteiger partial charge in [0, 0.05) is 43.5 Å². The summed E-state index contributed by atoms with van der Waals surface area (Å²) in [6.45, 7) is 14.0. The second kappa shape index (κ2) is 11.2. The van der Waals surface area contributed by atoms with Crippen LogP contribution in [0.15, 0.2) is 55.5 Å². The molecule has 40 heavy (non-hydrogen) atoms. The predicted octanol–water partition coefficient (Wildman–Crippen LogP) is 4.48. The molecule has 0 spiro atoms. The normalized spacial score (nSPS) is 17.4. The fourth-order valence-electron chi connectivity index (χ4n) is 5.42. The van der Waals surface area contributed by atoms with Crippen molar-refractivity contribution in [1.82, 2.24) is 30.2 Å². The molecule has 9 heteroatoms. The molecule has 2 aliphatic rings. The van der Waals surface area contributed by atoms with E-state index in [-0.39, 0.29) is 23.4 Å². The summed E-state index contributed by atoms with van der Waals surface area (Å²) in [5.74, 6) is -0.205. The van der Waals surface area contributed by atoms with Crippen LogP contribution in [0.25, 0.3) is 11.1 Å². The molecule has 2 fully saturated rings. The molecule has 210 valence electrons. The summed E-state index contributed by atoms with van der Waals surface area (Å²) in [6.07, 6.45) is 11.1. The van der Waals surface area contributed by atoms with Crippen LogP contribution in [0.5, 0.6) is 0 Å². The van der Waals surface area contributed by atoms with Crippen LogP contribution in [0.3, 0.4) is 0 Å². The number of benzene rings is 1. The standard InChI is InChI=1S/C31H39N7O2/c1-6-29(39)38(24-11-12-24)25-8-7-15-36(19-25)28-18-32-14-13-26(28)22-9-10-23(21(2)16-22)17-33-30(40)27-20-37(35-34-27)31(3,4)5/h6,9-10,13-14,16,18,20,24-25H,1,7-8,11-12,15,17,19H2,2-5H3,(H,33,40)/t25-/m1/s1. The maximum Gasteiger partial charge on any atom is 0.273 e. The van der Waals surface area contributed by atoms with Gasteiger partial charge in [0.15, 0.2) is 5.69 Å². The molecule has 9 nitrogen and oxygen atoms in total. The monoisotopic (exact) mass is 541 g/mol.